The molecule has 20 heavy (non-hydrogen) atoms. The van der Waals surface area contributed by atoms with E-state index in [0.29, 0.717) is 25.4 Å². The van der Waals surface area contributed by atoms with Gasteiger partial charge in [-0.1, -0.05) is 12.1 Å². The summed E-state index contributed by atoms with van der Waals surface area (Å²) >= 11 is 1.66. The van der Waals surface area contributed by atoms with Gasteiger partial charge in [0, 0.05) is 11.3 Å². The van der Waals surface area contributed by atoms with Gasteiger partial charge in [-0.15, -0.1) is 11.3 Å². The molecule has 0 amide bonds. The van der Waals surface area contributed by atoms with Gasteiger partial charge in [0.1, 0.15) is 0 Å². The van der Waals surface area contributed by atoms with E-state index in [0.717, 1.165) is 11.3 Å². The molecule has 2 aromatic rings. The lowest BCUT2D eigenvalue weighted by molar-refractivity contribution is 0.178. The van der Waals surface area contributed by atoms with Crippen molar-refractivity contribution in [3.8, 4) is 11.5 Å². The number of rotatable bonds is 7. The van der Waals surface area contributed by atoms with Gasteiger partial charge in [0.25, 0.3) is 0 Å². The summed E-state index contributed by atoms with van der Waals surface area (Å²) in [6, 6.07) is 9.66. The van der Waals surface area contributed by atoms with Crippen LogP contribution in [0.5, 0.6) is 11.5 Å². The number of hydrogen-bond donors (Lipinski definition) is 1. The highest BCUT2D eigenvalue weighted by Gasteiger charge is 2.13. The number of ether oxygens (including phenoxy) is 2. The van der Waals surface area contributed by atoms with Crippen LogP contribution in [0.3, 0.4) is 0 Å². The molecule has 3 nitrogen and oxygen atoms in total. The minimum atomic E-state index is -0.525. The average Bonchev–Trinajstić information content (AvgIpc) is 2.94. The largest absolute Gasteiger partial charge is 0.490 e. The maximum absolute atomic E-state index is 10.3. The Bertz CT molecular complexity index is 523. The van der Waals surface area contributed by atoms with Gasteiger partial charge in [-0.05, 0) is 43.0 Å². The number of aliphatic hydroxyl groups excluding tert-OH is 1. The number of benzene rings is 1. The topological polar surface area (TPSA) is 38.7 Å². The fourth-order valence-electron chi connectivity index (χ4n) is 2.01. The standard InChI is InChI=1S/C16H20O3S/c1-3-18-15-8-7-12(10-16(15)19-4-2)14(17)11-13-6-5-9-20-13/h5-10,14,17H,3-4,11H2,1-2H3. The van der Waals surface area contributed by atoms with Crippen LogP contribution in [-0.4, -0.2) is 18.3 Å². The molecule has 1 atom stereocenters. The Morgan fingerprint density at radius 1 is 1.10 bits per heavy atom. The number of thiophene rings is 1. The summed E-state index contributed by atoms with van der Waals surface area (Å²) in [5, 5.41) is 12.3. The predicted octanol–water partition coefficient (Wildman–Crippen LogP) is 3.82. The van der Waals surface area contributed by atoms with Crippen LogP contribution >= 0.6 is 11.3 Å². The zero-order valence-electron chi connectivity index (χ0n) is 11.8. The van der Waals surface area contributed by atoms with E-state index in [9.17, 15) is 5.11 Å². The first-order chi connectivity index (χ1) is 9.74. The third-order valence-corrected chi connectivity index (χ3v) is 3.83. The molecular weight excluding hydrogens is 272 g/mol. The van der Waals surface area contributed by atoms with E-state index in [2.05, 4.69) is 0 Å². The third-order valence-electron chi connectivity index (χ3n) is 2.93. The molecule has 0 fully saturated rings. The molecule has 0 spiro atoms. The maximum Gasteiger partial charge on any atom is 0.161 e. The monoisotopic (exact) mass is 292 g/mol. The van der Waals surface area contributed by atoms with Crippen molar-refractivity contribution in [1.82, 2.24) is 0 Å². The minimum Gasteiger partial charge on any atom is -0.490 e. The van der Waals surface area contributed by atoms with Crippen LogP contribution in [0.25, 0.3) is 0 Å². The quantitative estimate of drug-likeness (QED) is 0.843. The summed E-state index contributed by atoms with van der Waals surface area (Å²) in [7, 11) is 0. The summed E-state index contributed by atoms with van der Waals surface area (Å²) in [6.07, 6.45) is 0.0977. The van der Waals surface area contributed by atoms with E-state index in [4.69, 9.17) is 9.47 Å². The summed E-state index contributed by atoms with van der Waals surface area (Å²) in [4.78, 5) is 1.17. The minimum absolute atomic E-state index is 0.525. The van der Waals surface area contributed by atoms with Gasteiger partial charge in [-0.2, -0.15) is 0 Å². The van der Waals surface area contributed by atoms with Gasteiger partial charge in [-0.25, -0.2) is 0 Å². The van der Waals surface area contributed by atoms with Crippen LogP contribution in [0.2, 0.25) is 0 Å². The van der Waals surface area contributed by atoms with Gasteiger partial charge in [0.05, 0.1) is 19.3 Å². The molecule has 0 saturated heterocycles. The van der Waals surface area contributed by atoms with Crippen molar-refractivity contribution in [3.63, 3.8) is 0 Å². The van der Waals surface area contributed by atoms with Crippen LogP contribution in [0, 0.1) is 0 Å². The molecule has 1 aromatic carbocycles. The van der Waals surface area contributed by atoms with E-state index in [-0.39, 0.29) is 0 Å². The van der Waals surface area contributed by atoms with Gasteiger partial charge in [0.15, 0.2) is 11.5 Å². The molecule has 0 radical (unpaired) electrons. The number of aliphatic hydroxyl groups is 1. The van der Waals surface area contributed by atoms with Crippen molar-refractivity contribution >= 4 is 11.3 Å². The molecule has 4 heteroatoms. The second-order valence-corrected chi connectivity index (χ2v) is 5.40. The van der Waals surface area contributed by atoms with Crippen LogP contribution in [0.1, 0.15) is 30.4 Å². The first kappa shape index (κ1) is 14.9. The van der Waals surface area contributed by atoms with Crippen LogP contribution < -0.4 is 9.47 Å². The molecule has 108 valence electrons. The van der Waals surface area contributed by atoms with Crippen molar-refractivity contribution in [1.29, 1.82) is 0 Å². The van der Waals surface area contributed by atoms with Crippen molar-refractivity contribution in [2.45, 2.75) is 26.4 Å². The second kappa shape index (κ2) is 7.31. The summed E-state index contributed by atoms with van der Waals surface area (Å²) < 4.78 is 11.1. The summed E-state index contributed by atoms with van der Waals surface area (Å²) in [5.74, 6) is 1.42. The predicted molar refractivity (Wildman–Crippen MR) is 81.8 cm³/mol. The van der Waals surface area contributed by atoms with E-state index in [1.54, 1.807) is 11.3 Å². The van der Waals surface area contributed by atoms with Crippen molar-refractivity contribution in [3.05, 3.63) is 46.2 Å². The highest BCUT2D eigenvalue weighted by Crippen LogP contribution is 2.32. The lowest BCUT2D eigenvalue weighted by Crippen LogP contribution is -2.03. The highest BCUT2D eigenvalue weighted by molar-refractivity contribution is 7.09. The molecule has 2 rings (SSSR count). The molecule has 0 aliphatic carbocycles. The molecular formula is C16H20O3S. The molecule has 0 aliphatic rings. The Hall–Kier alpha value is -1.52. The molecule has 0 aliphatic heterocycles. The van der Waals surface area contributed by atoms with Gasteiger partial charge in [0.2, 0.25) is 0 Å². The van der Waals surface area contributed by atoms with E-state index in [1.807, 2.05) is 49.6 Å². The van der Waals surface area contributed by atoms with Gasteiger partial charge < -0.3 is 14.6 Å². The molecule has 0 saturated carbocycles. The average molecular weight is 292 g/mol. The molecule has 1 N–H and O–H groups in total. The Morgan fingerprint density at radius 2 is 1.85 bits per heavy atom. The first-order valence-electron chi connectivity index (χ1n) is 6.84. The van der Waals surface area contributed by atoms with E-state index in [1.165, 1.54) is 4.88 Å². The SMILES string of the molecule is CCOc1ccc(C(O)Cc2cccs2)cc1OCC. The van der Waals surface area contributed by atoms with Gasteiger partial charge in [-0.3, -0.25) is 0 Å². The first-order valence-corrected chi connectivity index (χ1v) is 7.72. The lowest BCUT2D eigenvalue weighted by Gasteiger charge is -2.15. The molecule has 0 bridgehead atoms. The van der Waals surface area contributed by atoms with Crippen molar-refractivity contribution < 1.29 is 14.6 Å². The normalized spacial score (nSPS) is 12.2. The van der Waals surface area contributed by atoms with E-state index >= 15 is 0 Å². The Balaban J connectivity index is 2.16. The maximum atomic E-state index is 10.3. The van der Waals surface area contributed by atoms with Crippen LogP contribution in [-0.2, 0) is 6.42 Å². The molecule has 1 unspecified atom stereocenters. The van der Waals surface area contributed by atoms with Crippen molar-refractivity contribution in [2.24, 2.45) is 0 Å². The highest BCUT2D eigenvalue weighted by atomic mass is 32.1. The van der Waals surface area contributed by atoms with Crippen LogP contribution in [0.15, 0.2) is 35.7 Å². The fraction of sp³-hybridized carbons (Fsp3) is 0.375. The smallest absolute Gasteiger partial charge is 0.161 e. The Labute approximate surface area is 123 Å². The Morgan fingerprint density at radius 3 is 2.50 bits per heavy atom. The lowest BCUT2D eigenvalue weighted by atomic mass is 10.1. The Kier molecular flexibility index (Phi) is 5.44. The fourth-order valence-corrected chi connectivity index (χ4v) is 2.76. The second-order valence-electron chi connectivity index (χ2n) is 4.37. The molecule has 1 aromatic heterocycles. The van der Waals surface area contributed by atoms with Gasteiger partial charge >= 0.3 is 0 Å². The third kappa shape index (κ3) is 3.74. The molecule has 1 heterocycles. The summed E-state index contributed by atoms with van der Waals surface area (Å²) in [5.41, 5.74) is 0.852. The van der Waals surface area contributed by atoms with Crippen LogP contribution in [0.4, 0.5) is 0 Å². The zero-order valence-corrected chi connectivity index (χ0v) is 12.7. The zero-order chi connectivity index (χ0) is 14.4. The number of hydrogen-bond acceptors (Lipinski definition) is 4. The van der Waals surface area contributed by atoms with E-state index < -0.39 is 6.10 Å². The summed E-state index contributed by atoms with van der Waals surface area (Å²) in [6.45, 7) is 5.04. The van der Waals surface area contributed by atoms with Crippen molar-refractivity contribution in [2.75, 3.05) is 13.2 Å².